The summed E-state index contributed by atoms with van der Waals surface area (Å²) in [6.07, 6.45) is 3.12. The summed E-state index contributed by atoms with van der Waals surface area (Å²) in [6, 6.07) is 7.88. The number of halogens is 1. The predicted molar refractivity (Wildman–Crippen MR) is 77.6 cm³/mol. The van der Waals surface area contributed by atoms with Crippen LogP contribution in [0.2, 0.25) is 0 Å². The molecular formula is C14H18ClN3O2. The van der Waals surface area contributed by atoms with Crippen molar-refractivity contribution in [2.45, 2.75) is 31.9 Å². The minimum absolute atomic E-state index is 0. The molecule has 0 aliphatic carbocycles. The molecule has 0 bridgehead atoms. The molecule has 6 heteroatoms. The van der Waals surface area contributed by atoms with Crippen LogP contribution in [0.3, 0.4) is 0 Å². The van der Waals surface area contributed by atoms with E-state index in [9.17, 15) is 0 Å². The van der Waals surface area contributed by atoms with E-state index in [0.717, 1.165) is 30.6 Å². The van der Waals surface area contributed by atoms with Crippen molar-refractivity contribution in [2.75, 3.05) is 6.61 Å². The SMILES string of the molecule is Cl.NCc1ccc(-c2noc(CC3CCCO3)n2)cc1. The summed E-state index contributed by atoms with van der Waals surface area (Å²) in [7, 11) is 0. The minimum Gasteiger partial charge on any atom is -0.378 e. The van der Waals surface area contributed by atoms with E-state index in [2.05, 4.69) is 10.1 Å². The van der Waals surface area contributed by atoms with Crippen LogP contribution in [0.1, 0.15) is 24.3 Å². The molecule has 0 saturated carbocycles. The molecule has 1 aliphatic heterocycles. The number of hydrogen-bond acceptors (Lipinski definition) is 5. The van der Waals surface area contributed by atoms with E-state index < -0.39 is 0 Å². The molecule has 108 valence electrons. The van der Waals surface area contributed by atoms with E-state index in [1.165, 1.54) is 0 Å². The molecule has 5 nitrogen and oxygen atoms in total. The Morgan fingerprint density at radius 3 is 2.70 bits per heavy atom. The lowest BCUT2D eigenvalue weighted by Crippen LogP contribution is -2.08. The number of aromatic nitrogens is 2. The van der Waals surface area contributed by atoms with Crippen LogP contribution >= 0.6 is 12.4 Å². The topological polar surface area (TPSA) is 74.2 Å². The van der Waals surface area contributed by atoms with Crippen LogP contribution < -0.4 is 5.73 Å². The average Bonchev–Trinajstić information content (AvgIpc) is 3.11. The van der Waals surface area contributed by atoms with Gasteiger partial charge in [-0.3, -0.25) is 0 Å². The van der Waals surface area contributed by atoms with Crippen molar-refractivity contribution in [3.8, 4) is 11.4 Å². The Labute approximate surface area is 123 Å². The minimum atomic E-state index is 0. The first-order valence-electron chi connectivity index (χ1n) is 6.59. The highest BCUT2D eigenvalue weighted by molar-refractivity contribution is 5.85. The van der Waals surface area contributed by atoms with Crippen molar-refractivity contribution in [1.29, 1.82) is 0 Å². The first kappa shape index (κ1) is 15.0. The highest BCUT2D eigenvalue weighted by Crippen LogP contribution is 2.20. The molecule has 1 saturated heterocycles. The van der Waals surface area contributed by atoms with Gasteiger partial charge in [0, 0.05) is 18.7 Å². The third kappa shape index (κ3) is 3.36. The second-order valence-corrected chi connectivity index (χ2v) is 4.75. The summed E-state index contributed by atoms with van der Waals surface area (Å²) < 4.78 is 10.8. The Kier molecular flexibility index (Phi) is 5.11. The summed E-state index contributed by atoms with van der Waals surface area (Å²) in [5.41, 5.74) is 7.60. The van der Waals surface area contributed by atoms with Crippen LogP contribution in [-0.2, 0) is 17.7 Å². The van der Waals surface area contributed by atoms with Crippen LogP contribution in [0.25, 0.3) is 11.4 Å². The van der Waals surface area contributed by atoms with Gasteiger partial charge in [-0.1, -0.05) is 29.4 Å². The standard InChI is InChI=1S/C14H17N3O2.ClH/c15-9-10-3-5-11(6-4-10)14-16-13(19-17-14)8-12-2-1-7-18-12;/h3-6,12H,1-2,7-9,15H2;1H. The number of hydrogen-bond donors (Lipinski definition) is 1. The molecule has 0 radical (unpaired) electrons. The number of nitrogens with zero attached hydrogens (tertiary/aromatic N) is 2. The molecule has 2 N–H and O–H groups in total. The number of ether oxygens (including phenoxy) is 1. The van der Waals surface area contributed by atoms with Gasteiger partial charge in [0.2, 0.25) is 11.7 Å². The number of rotatable bonds is 4. The van der Waals surface area contributed by atoms with Gasteiger partial charge in [-0.25, -0.2) is 0 Å². The van der Waals surface area contributed by atoms with Crippen LogP contribution in [0.5, 0.6) is 0 Å². The quantitative estimate of drug-likeness (QED) is 0.937. The second kappa shape index (κ2) is 6.83. The van der Waals surface area contributed by atoms with Gasteiger partial charge in [-0.05, 0) is 18.4 Å². The van der Waals surface area contributed by atoms with E-state index in [1.54, 1.807) is 0 Å². The van der Waals surface area contributed by atoms with E-state index >= 15 is 0 Å². The molecule has 2 heterocycles. The smallest absolute Gasteiger partial charge is 0.229 e. The van der Waals surface area contributed by atoms with Crippen molar-refractivity contribution in [3.63, 3.8) is 0 Å². The van der Waals surface area contributed by atoms with E-state index in [-0.39, 0.29) is 18.5 Å². The van der Waals surface area contributed by atoms with Gasteiger partial charge >= 0.3 is 0 Å². The number of benzene rings is 1. The van der Waals surface area contributed by atoms with Gasteiger partial charge in [0.05, 0.1) is 12.5 Å². The van der Waals surface area contributed by atoms with Crippen LogP contribution in [0.15, 0.2) is 28.8 Å². The lowest BCUT2D eigenvalue weighted by Gasteiger charge is -2.03. The monoisotopic (exact) mass is 295 g/mol. The lowest BCUT2D eigenvalue weighted by atomic mass is 10.1. The first-order chi connectivity index (χ1) is 9.35. The van der Waals surface area contributed by atoms with Crippen LogP contribution in [0, 0.1) is 0 Å². The van der Waals surface area contributed by atoms with Crippen molar-refractivity contribution in [2.24, 2.45) is 5.73 Å². The molecule has 20 heavy (non-hydrogen) atoms. The Bertz CT molecular complexity index is 536. The molecule has 3 rings (SSSR count). The predicted octanol–water partition coefficient (Wildman–Crippen LogP) is 2.34. The van der Waals surface area contributed by atoms with Crippen molar-refractivity contribution in [1.82, 2.24) is 10.1 Å². The highest BCUT2D eigenvalue weighted by atomic mass is 35.5. The molecule has 1 atom stereocenters. The van der Waals surface area contributed by atoms with E-state index in [1.807, 2.05) is 24.3 Å². The second-order valence-electron chi connectivity index (χ2n) is 4.75. The largest absolute Gasteiger partial charge is 0.378 e. The highest BCUT2D eigenvalue weighted by Gasteiger charge is 2.19. The zero-order valence-electron chi connectivity index (χ0n) is 11.1. The molecular weight excluding hydrogens is 278 g/mol. The van der Waals surface area contributed by atoms with Gasteiger partial charge in [-0.2, -0.15) is 4.98 Å². The first-order valence-corrected chi connectivity index (χ1v) is 6.59. The van der Waals surface area contributed by atoms with Gasteiger partial charge in [0.25, 0.3) is 0 Å². The Hall–Kier alpha value is -1.43. The van der Waals surface area contributed by atoms with Crippen molar-refractivity contribution >= 4 is 12.4 Å². The molecule has 1 unspecified atom stereocenters. The Morgan fingerprint density at radius 1 is 1.25 bits per heavy atom. The molecule has 1 aromatic carbocycles. The molecule has 0 spiro atoms. The van der Waals surface area contributed by atoms with Crippen molar-refractivity contribution < 1.29 is 9.26 Å². The maximum Gasteiger partial charge on any atom is 0.229 e. The summed E-state index contributed by atoms with van der Waals surface area (Å²) >= 11 is 0. The molecule has 1 aliphatic rings. The van der Waals surface area contributed by atoms with E-state index in [0.29, 0.717) is 24.7 Å². The molecule has 1 fully saturated rings. The maximum atomic E-state index is 5.57. The zero-order valence-corrected chi connectivity index (χ0v) is 11.9. The average molecular weight is 296 g/mol. The van der Waals surface area contributed by atoms with Crippen LogP contribution in [0.4, 0.5) is 0 Å². The molecule has 0 amide bonds. The fourth-order valence-corrected chi connectivity index (χ4v) is 2.25. The summed E-state index contributed by atoms with van der Waals surface area (Å²) in [5, 5.41) is 4.01. The summed E-state index contributed by atoms with van der Waals surface area (Å²) in [5.74, 6) is 1.27. The normalized spacial score (nSPS) is 17.9. The van der Waals surface area contributed by atoms with Gasteiger partial charge in [-0.15, -0.1) is 12.4 Å². The summed E-state index contributed by atoms with van der Waals surface area (Å²) in [6.45, 7) is 1.38. The fraction of sp³-hybridized carbons (Fsp3) is 0.429. The Morgan fingerprint density at radius 2 is 2.05 bits per heavy atom. The third-order valence-electron chi connectivity index (χ3n) is 3.34. The summed E-state index contributed by atoms with van der Waals surface area (Å²) in [4.78, 5) is 4.41. The molecule has 2 aromatic rings. The van der Waals surface area contributed by atoms with Crippen LogP contribution in [-0.4, -0.2) is 22.9 Å². The maximum absolute atomic E-state index is 5.57. The van der Waals surface area contributed by atoms with Gasteiger partial charge in [0.1, 0.15) is 0 Å². The van der Waals surface area contributed by atoms with Gasteiger partial charge < -0.3 is 15.0 Å². The fourth-order valence-electron chi connectivity index (χ4n) is 2.25. The lowest BCUT2D eigenvalue weighted by molar-refractivity contribution is 0.104. The third-order valence-corrected chi connectivity index (χ3v) is 3.34. The van der Waals surface area contributed by atoms with E-state index in [4.69, 9.17) is 15.0 Å². The zero-order chi connectivity index (χ0) is 13.1. The van der Waals surface area contributed by atoms with Crippen molar-refractivity contribution in [3.05, 3.63) is 35.7 Å². The van der Waals surface area contributed by atoms with Gasteiger partial charge in [0.15, 0.2) is 0 Å². The Balaban J connectivity index is 0.00000147. The number of nitrogens with two attached hydrogens (primary N) is 1. The molecule has 1 aromatic heterocycles.